The molecule has 0 aromatic carbocycles. The predicted molar refractivity (Wildman–Crippen MR) is 44.5 cm³/mol. The molecule has 0 aliphatic heterocycles. The Kier molecular flexibility index (Phi) is 5.41. The zero-order valence-corrected chi connectivity index (χ0v) is 7.51. The monoisotopic (exact) mass is 178 g/mol. The lowest BCUT2D eigenvalue weighted by Crippen LogP contribution is -2.38. The summed E-state index contributed by atoms with van der Waals surface area (Å²) >= 11 is 0. The summed E-state index contributed by atoms with van der Waals surface area (Å²) in [4.78, 5) is 0. The van der Waals surface area contributed by atoms with E-state index in [1.54, 1.807) is 13.8 Å². The second kappa shape index (κ2) is 5.48. The van der Waals surface area contributed by atoms with Crippen molar-refractivity contribution in [2.75, 3.05) is 13.2 Å². The molecule has 0 saturated heterocycles. The molecule has 0 amide bonds. The second-order valence-electron chi connectivity index (χ2n) is 3.26. The van der Waals surface area contributed by atoms with Crippen LogP contribution in [0.5, 0.6) is 0 Å². The van der Waals surface area contributed by atoms with Gasteiger partial charge in [0.2, 0.25) is 0 Å². The van der Waals surface area contributed by atoms with Gasteiger partial charge in [-0.25, -0.2) is 0 Å². The summed E-state index contributed by atoms with van der Waals surface area (Å²) in [7, 11) is 0. The molecule has 0 aliphatic rings. The third-order valence-electron chi connectivity index (χ3n) is 2.31. The highest BCUT2D eigenvalue weighted by Gasteiger charge is 2.25. The third kappa shape index (κ3) is 3.06. The van der Waals surface area contributed by atoms with E-state index < -0.39 is 18.8 Å². The molecule has 0 aliphatic carbocycles. The van der Waals surface area contributed by atoms with Crippen molar-refractivity contribution < 1.29 is 20.4 Å². The van der Waals surface area contributed by atoms with Crippen LogP contribution < -0.4 is 0 Å². The number of hydrogen-bond acceptors (Lipinski definition) is 4. The van der Waals surface area contributed by atoms with Gasteiger partial charge in [0.15, 0.2) is 0 Å². The van der Waals surface area contributed by atoms with Crippen LogP contribution in [0.15, 0.2) is 0 Å². The van der Waals surface area contributed by atoms with Crippen LogP contribution in [0.25, 0.3) is 0 Å². The Morgan fingerprint density at radius 2 is 1.50 bits per heavy atom. The first-order valence-corrected chi connectivity index (χ1v) is 4.12. The predicted octanol–water partition coefficient (Wildman–Crippen LogP) is -1.04. The minimum absolute atomic E-state index is 0.0314. The van der Waals surface area contributed by atoms with Gasteiger partial charge in [0.05, 0.1) is 12.7 Å². The fourth-order valence-corrected chi connectivity index (χ4v) is 0.961. The van der Waals surface area contributed by atoms with Crippen molar-refractivity contribution in [3.8, 4) is 0 Å². The molecule has 4 atom stereocenters. The zero-order chi connectivity index (χ0) is 9.72. The average Bonchev–Trinajstić information content (AvgIpc) is 2.12. The topological polar surface area (TPSA) is 80.9 Å². The SMILES string of the molecule is CC(CO)C(C)C(O)C(O)CO. The molecule has 0 rings (SSSR count). The molecular formula is C8H18O4. The van der Waals surface area contributed by atoms with E-state index in [9.17, 15) is 5.11 Å². The normalized spacial score (nSPS) is 21.5. The van der Waals surface area contributed by atoms with Gasteiger partial charge in [-0.15, -0.1) is 0 Å². The molecule has 0 heterocycles. The number of hydrogen-bond donors (Lipinski definition) is 4. The molecular weight excluding hydrogens is 160 g/mol. The summed E-state index contributed by atoms with van der Waals surface area (Å²) in [5.74, 6) is -0.307. The lowest BCUT2D eigenvalue weighted by molar-refractivity contribution is -0.0549. The fourth-order valence-electron chi connectivity index (χ4n) is 0.961. The maximum absolute atomic E-state index is 9.37. The lowest BCUT2D eigenvalue weighted by atomic mass is 9.89. The summed E-state index contributed by atoms with van der Waals surface area (Å²) in [6.07, 6.45) is -2.09. The molecule has 74 valence electrons. The maximum Gasteiger partial charge on any atom is 0.103 e. The van der Waals surface area contributed by atoms with Crippen LogP contribution in [0.3, 0.4) is 0 Å². The van der Waals surface area contributed by atoms with Crippen molar-refractivity contribution in [3.63, 3.8) is 0 Å². The Bertz CT molecular complexity index is 104. The Labute approximate surface area is 72.5 Å². The first-order valence-electron chi connectivity index (χ1n) is 4.12. The van der Waals surface area contributed by atoms with E-state index in [2.05, 4.69) is 0 Å². The maximum atomic E-state index is 9.37. The van der Waals surface area contributed by atoms with Crippen molar-refractivity contribution in [2.45, 2.75) is 26.1 Å². The molecule has 12 heavy (non-hydrogen) atoms. The van der Waals surface area contributed by atoms with E-state index in [4.69, 9.17) is 15.3 Å². The van der Waals surface area contributed by atoms with Crippen LogP contribution >= 0.6 is 0 Å². The van der Waals surface area contributed by atoms with Gasteiger partial charge in [-0.2, -0.15) is 0 Å². The molecule has 0 spiro atoms. The Morgan fingerprint density at radius 1 is 1.00 bits per heavy atom. The number of aliphatic hydroxyl groups excluding tert-OH is 4. The van der Waals surface area contributed by atoms with Crippen molar-refractivity contribution in [2.24, 2.45) is 11.8 Å². The second-order valence-corrected chi connectivity index (χ2v) is 3.26. The quantitative estimate of drug-likeness (QED) is 0.434. The third-order valence-corrected chi connectivity index (χ3v) is 2.31. The van der Waals surface area contributed by atoms with Crippen LogP contribution in [-0.4, -0.2) is 45.8 Å². The van der Waals surface area contributed by atoms with Crippen molar-refractivity contribution >= 4 is 0 Å². The summed E-state index contributed by atoms with van der Waals surface area (Å²) in [6.45, 7) is 3.02. The Balaban J connectivity index is 3.99. The first-order chi connectivity index (χ1) is 5.54. The minimum atomic E-state index is -1.12. The van der Waals surface area contributed by atoms with Crippen molar-refractivity contribution in [1.29, 1.82) is 0 Å². The number of aliphatic hydroxyl groups is 4. The van der Waals surface area contributed by atoms with Gasteiger partial charge in [-0.3, -0.25) is 0 Å². The van der Waals surface area contributed by atoms with Gasteiger partial charge in [-0.1, -0.05) is 13.8 Å². The Morgan fingerprint density at radius 3 is 1.83 bits per heavy atom. The fraction of sp³-hybridized carbons (Fsp3) is 1.00. The molecule has 4 nitrogen and oxygen atoms in total. The molecule has 0 saturated carbocycles. The van der Waals surface area contributed by atoms with E-state index in [-0.39, 0.29) is 18.4 Å². The zero-order valence-electron chi connectivity index (χ0n) is 7.51. The standard InChI is InChI=1S/C8H18O4/c1-5(3-9)6(2)8(12)7(11)4-10/h5-12H,3-4H2,1-2H3. The highest BCUT2D eigenvalue weighted by Crippen LogP contribution is 2.16. The van der Waals surface area contributed by atoms with Crippen LogP contribution in [0.4, 0.5) is 0 Å². The van der Waals surface area contributed by atoms with E-state index in [0.717, 1.165) is 0 Å². The number of rotatable bonds is 5. The molecule has 0 fully saturated rings. The van der Waals surface area contributed by atoms with E-state index in [1.807, 2.05) is 0 Å². The largest absolute Gasteiger partial charge is 0.396 e. The van der Waals surface area contributed by atoms with Gasteiger partial charge in [-0.05, 0) is 11.8 Å². The minimum Gasteiger partial charge on any atom is -0.396 e. The lowest BCUT2D eigenvalue weighted by Gasteiger charge is -2.26. The summed E-state index contributed by atoms with van der Waals surface area (Å²) in [5.41, 5.74) is 0. The summed E-state index contributed by atoms with van der Waals surface area (Å²) in [6, 6.07) is 0. The van der Waals surface area contributed by atoms with Gasteiger partial charge in [0.25, 0.3) is 0 Å². The highest BCUT2D eigenvalue weighted by molar-refractivity contribution is 4.75. The average molecular weight is 178 g/mol. The highest BCUT2D eigenvalue weighted by atomic mass is 16.4. The van der Waals surface area contributed by atoms with Crippen LogP contribution in [0.2, 0.25) is 0 Å². The van der Waals surface area contributed by atoms with Crippen LogP contribution in [0.1, 0.15) is 13.8 Å². The molecule has 4 heteroatoms. The molecule has 0 aromatic heterocycles. The molecule has 0 bridgehead atoms. The van der Waals surface area contributed by atoms with Crippen molar-refractivity contribution in [1.82, 2.24) is 0 Å². The van der Waals surface area contributed by atoms with Gasteiger partial charge in [0.1, 0.15) is 6.10 Å². The summed E-state index contributed by atoms with van der Waals surface area (Å²) < 4.78 is 0. The molecule has 4 N–H and O–H groups in total. The Hall–Kier alpha value is -0.160. The summed E-state index contributed by atoms with van der Waals surface area (Å²) in [5, 5.41) is 35.7. The van der Waals surface area contributed by atoms with E-state index in [1.165, 1.54) is 0 Å². The van der Waals surface area contributed by atoms with E-state index in [0.29, 0.717) is 0 Å². The van der Waals surface area contributed by atoms with Crippen LogP contribution in [0, 0.1) is 11.8 Å². The molecule has 4 unspecified atom stereocenters. The van der Waals surface area contributed by atoms with E-state index >= 15 is 0 Å². The first kappa shape index (κ1) is 11.8. The molecule has 0 aromatic rings. The van der Waals surface area contributed by atoms with Crippen LogP contribution in [-0.2, 0) is 0 Å². The van der Waals surface area contributed by atoms with Gasteiger partial charge in [0, 0.05) is 6.61 Å². The van der Waals surface area contributed by atoms with Gasteiger partial charge < -0.3 is 20.4 Å². The van der Waals surface area contributed by atoms with Crippen molar-refractivity contribution in [3.05, 3.63) is 0 Å². The van der Waals surface area contributed by atoms with Gasteiger partial charge >= 0.3 is 0 Å². The smallest absolute Gasteiger partial charge is 0.103 e. The molecule has 0 radical (unpaired) electrons.